The van der Waals surface area contributed by atoms with Gasteiger partial charge >= 0.3 is 6.09 Å². The molecule has 1 aliphatic heterocycles. The van der Waals surface area contributed by atoms with Crippen LogP contribution < -0.4 is 10.4 Å². The van der Waals surface area contributed by atoms with Crippen LogP contribution >= 0.6 is 0 Å². The lowest BCUT2D eigenvalue weighted by molar-refractivity contribution is -0.0818. The molecule has 1 heterocycles. The number of carboxylic acid groups (broad SMARTS) is 1. The van der Waals surface area contributed by atoms with Crippen molar-refractivity contribution < 1.29 is 14.3 Å². The number of benzene rings is 2. The molecule has 2 aromatic rings. The monoisotopic (exact) mass is 411 g/mol. The molecule has 2 aromatic carbocycles. The summed E-state index contributed by atoms with van der Waals surface area (Å²) in [5.41, 5.74) is -0.202. The first-order valence-electron chi connectivity index (χ1n) is 10.3. The van der Waals surface area contributed by atoms with Gasteiger partial charge in [0.05, 0.1) is 18.7 Å². The Kier molecular flexibility index (Phi) is 5.67. The fourth-order valence-corrected chi connectivity index (χ4v) is 9.38. The molecule has 0 radical (unpaired) electrons. The highest BCUT2D eigenvalue weighted by atomic mass is 28.4. The van der Waals surface area contributed by atoms with Gasteiger partial charge in [0.25, 0.3) is 8.32 Å². The SMILES string of the molecule is CC(C)(C)C1C(O[Si](c2ccccc2)(c2ccccc2)C(C)(C)C)CN1C(=O)O. The molecule has 1 saturated heterocycles. The smallest absolute Gasteiger partial charge is 0.407 e. The van der Waals surface area contributed by atoms with Crippen LogP contribution in [0, 0.1) is 5.41 Å². The summed E-state index contributed by atoms with van der Waals surface area (Å²) >= 11 is 0. The molecule has 3 rings (SSSR count). The van der Waals surface area contributed by atoms with Crippen molar-refractivity contribution in [1.29, 1.82) is 0 Å². The first-order valence-corrected chi connectivity index (χ1v) is 12.2. The van der Waals surface area contributed by atoms with E-state index in [0.717, 1.165) is 0 Å². The zero-order chi connectivity index (χ0) is 21.4. The van der Waals surface area contributed by atoms with Crippen molar-refractivity contribution in [2.45, 2.75) is 58.7 Å². The van der Waals surface area contributed by atoms with Crippen LogP contribution in [-0.4, -0.2) is 43.1 Å². The molecule has 29 heavy (non-hydrogen) atoms. The molecule has 0 aromatic heterocycles. The molecule has 1 N–H and O–H groups in total. The molecule has 1 fully saturated rings. The van der Waals surface area contributed by atoms with Gasteiger partial charge in [-0.25, -0.2) is 4.79 Å². The summed E-state index contributed by atoms with van der Waals surface area (Å²) in [6.07, 6.45) is -0.996. The fourth-order valence-electron chi connectivity index (χ4n) is 4.71. The van der Waals surface area contributed by atoms with Crippen molar-refractivity contribution in [3.63, 3.8) is 0 Å². The minimum Gasteiger partial charge on any atom is -0.465 e. The lowest BCUT2D eigenvalue weighted by Gasteiger charge is -2.56. The summed E-state index contributed by atoms with van der Waals surface area (Å²) < 4.78 is 7.16. The maximum absolute atomic E-state index is 11.8. The van der Waals surface area contributed by atoms with E-state index in [1.54, 1.807) is 0 Å². The van der Waals surface area contributed by atoms with Crippen LogP contribution in [0.15, 0.2) is 60.7 Å². The second kappa shape index (κ2) is 7.61. The summed E-state index contributed by atoms with van der Waals surface area (Å²) in [6.45, 7) is 13.4. The van der Waals surface area contributed by atoms with Gasteiger partial charge in [0.2, 0.25) is 0 Å². The molecular formula is C24H33NO3Si. The van der Waals surface area contributed by atoms with Gasteiger partial charge in [-0.2, -0.15) is 0 Å². The van der Waals surface area contributed by atoms with E-state index < -0.39 is 14.4 Å². The highest BCUT2D eigenvalue weighted by Gasteiger charge is 2.57. The predicted octanol–water partition coefficient (Wildman–Crippen LogP) is 4.34. The average molecular weight is 412 g/mol. The third-order valence-electron chi connectivity index (χ3n) is 5.94. The zero-order valence-electron chi connectivity index (χ0n) is 18.3. The number of carbonyl (C=O) groups is 1. The van der Waals surface area contributed by atoms with Crippen LogP contribution in [0.3, 0.4) is 0 Å². The van der Waals surface area contributed by atoms with Crippen molar-refractivity contribution in [3.8, 4) is 0 Å². The Morgan fingerprint density at radius 3 is 1.72 bits per heavy atom. The van der Waals surface area contributed by atoms with E-state index in [-0.39, 0.29) is 22.6 Å². The normalized spacial score (nSPS) is 20.3. The summed E-state index contributed by atoms with van der Waals surface area (Å²) in [4.78, 5) is 13.3. The Labute approximate surface area is 175 Å². The van der Waals surface area contributed by atoms with Crippen molar-refractivity contribution in [3.05, 3.63) is 60.7 Å². The highest BCUT2D eigenvalue weighted by molar-refractivity contribution is 6.99. The molecule has 0 spiro atoms. The highest BCUT2D eigenvalue weighted by Crippen LogP contribution is 2.42. The zero-order valence-corrected chi connectivity index (χ0v) is 19.3. The molecular weight excluding hydrogens is 378 g/mol. The lowest BCUT2D eigenvalue weighted by atomic mass is 9.77. The maximum atomic E-state index is 11.8. The number of hydrogen-bond acceptors (Lipinski definition) is 2. The molecule has 1 aliphatic rings. The van der Waals surface area contributed by atoms with Crippen LogP contribution in [0.25, 0.3) is 0 Å². The van der Waals surface area contributed by atoms with E-state index in [2.05, 4.69) is 90.1 Å². The lowest BCUT2D eigenvalue weighted by Crippen LogP contribution is -2.75. The number of hydrogen-bond donors (Lipinski definition) is 1. The van der Waals surface area contributed by atoms with Crippen LogP contribution in [-0.2, 0) is 4.43 Å². The van der Waals surface area contributed by atoms with E-state index >= 15 is 0 Å². The molecule has 0 bridgehead atoms. The summed E-state index contributed by atoms with van der Waals surface area (Å²) in [5.74, 6) is 0. The summed E-state index contributed by atoms with van der Waals surface area (Å²) in [5, 5.41) is 12.0. The minimum absolute atomic E-state index is 0.123. The van der Waals surface area contributed by atoms with Gasteiger partial charge in [-0.1, -0.05) is 102 Å². The fraction of sp³-hybridized carbons (Fsp3) is 0.458. The first kappa shape index (κ1) is 21.6. The van der Waals surface area contributed by atoms with Crippen molar-refractivity contribution in [2.24, 2.45) is 5.41 Å². The predicted molar refractivity (Wildman–Crippen MR) is 120 cm³/mol. The van der Waals surface area contributed by atoms with E-state index in [9.17, 15) is 9.90 Å². The molecule has 5 heteroatoms. The summed E-state index contributed by atoms with van der Waals surface area (Å²) in [7, 11) is -2.69. The number of rotatable bonds is 4. The van der Waals surface area contributed by atoms with E-state index in [1.165, 1.54) is 15.3 Å². The molecule has 4 nitrogen and oxygen atoms in total. The van der Waals surface area contributed by atoms with E-state index in [1.807, 2.05) is 12.1 Å². The van der Waals surface area contributed by atoms with E-state index in [0.29, 0.717) is 6.54 Å². The van der Waals surface area contributed by atoms with Crippen molar-refractivity contribution >= 4 is 24.8 Å². The largest absolute Gasteiger partial charge is 0.465 e. The van der Waals surface area contributed by atoms with E-state index in [4.69, 9.17) is 4.43 Å². The average Bonchev–Trinajstić information content (AvgIpc) is 2.60. The van der Waals surface area contributed by atoms with Gasteiger partial charge in [0, 0.05) is 0 Å². The molecule has 2 atom stereocenters. The Bertz CT molecular complexity index is 800. The van der Waals surface area contributed by atoms with Crippen LogP contribution in [0.2, 0.25) is 5.04 Å². The van der Waals surface area contributed by atoms with Crippen molar-refractivity contribution in [1.82, 2.24) is 4.90 Å². The molecule has 0 saturated carbocycles. The van der Waals surface area contributed by atoms with Crippen LogP contribution in [0.4, 0.5) is 4.79 Å². The topological polar surface area (TPSA) is 49.8 Å². The third kappa shape index (κ3) is 3.86. The maximum Gasteiger partial charge on any atom is 0.407 e. The van der Waals surface area contributed by atoms with Gasteiger partial charge < -0.3 is 9.53 Å². The second-order valence-corrected chi connectivity index (χ2v) is 14.3. The number of likely N-dealkylation sites (tertiary alicyclic amines) is 1. The standard InChI is InChI=1S/C24H33NO3Si/c1-23(2,3)21-20(17-25(21)22(26)27)28-29(24(4,5)6,18-13-9-7-10-14-18)19-15-11-8-12-16-19/h7-16,20-21H,17H2,1-6H3,(H,26,27). The third-order valence-corrected chi connectivity index (χ3v) is 11.0. The van der Waals surface area contributed by atoms with Crippen molar-refractivity contribution in [2.75, 3.05) is 6.54 Å². The molecule has 1 amide bonds. The first-order chi connectivity index (χ1) is 13.5. The quantitative estimate of drug-likeness (QED) is 0.762. The van der Waals surface area contributed by atoms with Crippen LogP contribution in [0.1, 0.15) is 41.5 Å². The Morgan fingerprint density at radius 1 is 0.931 bits per heavy atom. The van der Waals surface area contributed by atoms with Crippen LogP contribution in [0.5, 0.6) is 0 Å². The molecule has 0 aliphatic carbocycles. The Hall–Kier alpha value is -2.11. The van der Waals surface area contributed by atoms with Gasteiger partial charge in [-0.05, 0) is 20.8 Å². The molecule has 156 valence electrons. The number of nitrogens with zero attached hydrogens (tertiary/aromatic N) is 1. The minimum atomic E-state index is -2.69. The number of amides is 1. The Balaban J connectivity index is 2.13. The van der Waals surface area contributed by atoms with Gasteiger partial charge in [0.15, 0.2) is 0 Å². The van der Waals surface area contributed by atoms with Gasteiger partial charge in [-0.15, -0.1) is 0 Å². The van der Waals surface area contributed by atoms with Gasteiger partial charge in [-0.3, -0.25) is 4.90 Å². The van der Waals surface area contributed by atoms with Gasteiger partial charge in [0.1, 0.15) is 0 Å². The Morgan fingerprint density at radius 2 is 1.38 bits per heavy atom. The molecule has 2 unspecified atom stereocenters. The summed E-state index contributed by atoms with van der Waals surface area (Å²) in [6, 6.07) is 20.9. The second-order valence-electron chi connectivity index (χ2n) is 10.1.